The van der Waals surface area contributed by atoms with Crippen LogP contribution in [-0.2, 0) is 24.1 Å². The molecule has 0 saturated carbocycles. The van der Waals surface area contributed by atoms with E-state index in [2.05, 4.69) is 46.3 Å². The molecule has 2 fully saturated rings. The number of benzene rings is 1. The summed E-state index contributed by atoms with van der Waals surface area (Å²) in [7, 11) is 4.20. The van der Waals surface area contributed by atoms with Gasteiger partial charge >= 0.3 is 0 Å². The second-order valence-corrected chi connectivity index (χ2v) is 11.6. The second-order valence-electron chi connectivity index (χ2n) is 11.6. The predicted octanol–water partition coefficient (Wildman–Crippen LogP) is 2.40. The smallest absolute Gasteiger partial charge is 0.246 e. The molecule has 1 aromatic heterocycles. The first-order valence-corrected chi connectivity index (χ1v) is 14.3. The molecule has 4 heterocycles. The molecule has 6 rings (SSSR count). The van der Waals surface area contributed by atoms with E-state index in [1.54, 1.807) is 17.0 Å². The summed E-state index contributed by atoms with van der Waals surface area (Å²) in [5.74, 6) is 1.36. The minimum atomic E-state index is -0.215. The number of hydrogen-bond acceptors (Lipinski definition) is 8. The zero-order valence-corrected chi connectivity index (χ0v) is 23.4. The fourth-order valence-corrected chi connectivity index (χ4v) is 6.67. The minimum absolute atomic E-state index is 0.134. The largest absolute Gasteiger partial charge is 0.368 e. The molecule has 0 bridgehead atoms. The van der Waals surface area contributed by atoms with Gasteiger partial charge in [-0.1, -0.05) is 12.6 Å². The summed E-state index contributed by atoms with van der Waals surface area (Å²) in [4.78, 5) is 33.6. The molecule has 0 N–H and O–H groups in total. The summed E-state index contributed by atoms with van der Waals surface area (Å²) in [6, 6.07) is 7.92. The van der Waals surface area contributed by atoms with Gasteiger partial charge in [0.05, 0.1) is 24.2 Å². The van der Waals surface area contributed by atoms with Crippen LogP contribution in [0.3, 0.4) is 0 Å². The molecule has 2 atom stereocenters. The maximum absolute atomic E-state index is 14.2. The van der Waals surface area contributed by atoms with Gasteiger partial charge in [0.15, 0.2) is 0 Å². The van der Waals surface area contributed by atoms with Crippen molar-refractivity contribution >= 4 is 23.4 Å². The third kappa shape index (κ3) is 4.77. The molecule has 40 heavy (non-hydrogen) atoms. The third-order valence-corrected chi connectivity index (χ3v) is 9.08. The molecule has 3 aliphatic heterocycles. The number of hydrogen-bond donors (Lipinski definition) is 0. The number of likely N-dealkylation sites (N-methyl/N-ethyl adjacent to an activating group) is 1. The summed E-state index contributed by atoms with van der Waals surface area (Å²) in [5, 5.41) is 9.49. The number of amides is 1. The standard InChI is InChI=1S/C30H37FN8O/c1-4-28(40)39-14-13-36(17-23(39)9-11-32)29-25-8-7-22(38-12-10-20-5-6-21(31)15-27(20)38)16-26(25)33-30(34-29)37-18-24(19-37)35(2)3/h4-6,15,22-24H,1,7-10,12-14,16-19H2,2-3H3. The first-order chi connectivity index (χ1) is 19.4. The fourth-order valence-electron chi connectivity index (χ4n) is 6.67. The number of carbonyl (C=O) groups is 1. The number of piperazine rings is 1. The molecule has 2 saturated heterocycles. The van der Waals surface area contributed by atoms with E-state index in [0.29, 0.717) is 25.7 Å². The normalized spacial score (nSPS) is 22.6. The van der Waals surface area contributed by atoms with Crippen molar-refractivity contribution in [1.82, 2.24) is 19.8 Å². The van der Waals surface area contributed by atoms with Crippen molar-refractivity contribution in [2.75, 3.05) is 68.1 Å². The molecule has 1 aliphatic carbocycles. The molecule has 1 amide bonds. The van der Waals surface area contributed by atoms with Crippen LogP contribution in [0, 0.1) is 17.1 Å². The third-order valence-electron chi connectivity index (χ3n) is 9.08. The lowest BCUT2D eigenvalue weighted by molar-refractivity contribution is -0.128. The van der Waals surface area contributed by atoms with Gasteiger partial charge in [0.1, 0.15) is 11.6 Å². The molecule has 10 heteroatoms. The monoisotopic (exact) mass is 544 g/mol. The molecular weight excluding hydrogens is 507 g/mol. The second kappa shape index (κ2) is 10.7. The lowest BCUT2D eigenvalue weighted by Gasteiger charge is -2.45. The van der Waals surface area contributed by atoms with Crippen LogP contribution >= 0.6 is 0 Å². The Morgan fingerprint density at radius 2 is 2.00 bits per heavy atom. The van der Waals surface area contributed by atoms with Crippen LogP contribution in [0.5, 0.6) is 0 Å². The van der Waals surface area contributed by atoms with E-state index in [-0.39, 0.29) is 30.2 Å². The van der Waals surface area contributed by atoms with Gasteiger partial charge in [-0.3, -0.25) is 4.79 Å². The topological polar surface area (TPSA) is 82.8 Å². The summed E-state index contributed by atoms with van der Waals surface area (Å²) in [6.45, 7) is 8.03. The molecule has 2 unspecified atom stereocenters. The number of anilines is 3. The van der Waals surface area contributed by atoms with E-state index in [4.69, 9.17) is 9.97 Å². The van der Waals surface area contributed by atoms with Crippen molar-refractivity contribution < 1.29 is 9.18 Å². The van der Waals surface area contributed by atoms with E-state index in [1.165, 1.54) is 17.2 Å². The molecule has 9 nitrogen and oxygen atoms in total. The Morgan fingerprint density at radius 1 is 1.18 bits per heavy atom. The highest BCUT2D eigenvalue weighted by atomic mass is 19.1. The fraction of sp³-hybridized carbons (Fsp3) is 0.533. The van der Waals surface area contributed by atoms with Crippen LogP contribution in [0.25, 0.3) is 0 Å². The van der Waals surface area contributed by atoms with Gasteiger partial charge in [0.2, 0.25) is 11.9 Å². The summed E-state index contributed by atoms with van der Waals surface area (Å²) in [5.41, 5.74) is 4.46. The van der Waals surface area contributed by atoms with Gasteiger partial charge in [-0.15, -0.1) is 0 Å². The number of halogens is 1. The quantitative estimate of drug-likeness (QED) is 0.513. The van der Waals surface area contributed by atoms with E-state index in [9.17, 15) is 14.4 Å². The maximum atomic E-state index is 14.2. The molecule has 1 aromatic carbocycles. The molecule has 210 valence electrons. The molecular formula is C30H37FN8O. The number of aromatic nitrogens is 2. The van der Waals surface area contributed by atoms with Gasteiger partial charge in [-0.2, -0.15) is 10.2 Å². The average molecular weight is 545 g/mol. The van der Waals surface area contributed by atoms with E-state index in [1.807, 2.05) is 6.07 Å². The number of fused-ring (bicyclic) bond motifs is 2. The summed E-state index contributed by atoms with van der Waals surface area (Å²) >= 11 is 0. The van der Waals surface area contributed by atoms with E-state index < -0.39 is 0 Å². The van der Waals surface area contributed by atoms with Crippen molar-refractivity contribution in [1.29, 1.82) is 5.26 Å². The lowest BCUT2D eigenvalue weighted by Crippen LogP contribution is -2.58. The van der Waals surface area contributed by atoms with Crippen LogP contribution in [0.4, 0.5) is 21.8 Å². The summed E-state index contributed by atoms with van der Waals surface area (Å²) < 4.78 is 14.2. The maximum Gasteiger partial charge on any atom is 0.246 e. The Labute approximate surface area is 235 Å². The summed E-state index contributed by atoms with van der Waals surface area (Å²) in [6.07, 6.45) is 5.10. The minimum Gasteiger partial charge on any atom is -0.368 e. The molecule has 0 radical (unpaired) electrons. The number of nitriles is 1. The molecule has 2 aromatic rings. The van der Waals surface area contributed by atoms with Gasteiger partial charge in [0, 0.05) is 69.0 Å². The van der Waals surface area contributed by atoms with Crippen molar-refractivity contribution in [2.24, 2.45) is 0 Å². The van der Waals surface area contributed by atoms with Crippen molar-refractivity contribution in [3.63, 3.8) is 0 Å². The SMILES string of the molecule is C=CC(=O)N1CCN(c2nc(N3CC(N(C)C)C3)nc3c2CCC(N2CCc4ccc(F)cc42)C3)CC1CC#N. The first-order valence-electron chi connectivity index (χ1n) is 14.3. The first kappa shape index (κ1) is 26.5. The predicted molar refractivity (Wildman–Crippen MR) is 153 cm³/mol. The van der Waals surface area contributed by atoms with Gasteiger partial charge in [0.25, 0.3) is 0 Å². The Balaban J connectivity index is 1.31. The highest BCUT2D eigenvalue weighted by Gasteiger charge is 2.37. The van der Waals surface area contributed by atoms with Crippen LogP contribution < -0.4 is 14.7 Å². The lowest BCUT2D eigenvalue weighted by atomic mass is 9.90. The number of carbonyl (C=O) groups excluding carboxylic acids is 1. The highest BCUT2D eigenvalue weighted by molar-refractivity contribution is 5.87. The number of rotatable bonds is 6. The zero-order chi connectivity index (χ0) is 28.0. The van der Waals surface area contributed by atoms with Crippen molar-refractivity contribution in [3.05, 3.63) is 53.5 Å². The van der Waals surface area contributed by atoms with Crippen LogP contribution in [0.1, 0.15) is 29.7 Å². The Bertz CT molecular complexity index is 1350. The van der Waals surface area contributed by atoms with Crippen LogP contribution in [-0.4, -0.2) is 97.2 Å². The van der Waals surface area contributed by atoms with Gasteiger partial charge < -0.3 is 24.5 Å². The molecule has 4 aliphatic rings. The van der Waals surface area contributed by atoms with E-state index >= 15 is 0 Å². The Hall–Kier alpha value is -3.71. The highest BCUT2D eigenvalue weighted by Crippen LogP contribution is 2.38. The van der Waals surface area contributed by atoms with Crippen LogP contribution in [0.15, 0.2) is 30.9 Å². The number of nitrogens with zero attached hydrogens (tertiary/aromatic N) is 8. The zero-order valence-electron chi connectivity index (χ0n) is 23.4. The Kier molecular flexibility index (Phi) is 7.09. The van der Waals surface area contributed by atoms with E-state index in [0.717, 1.165) is 68.5 Å². The van der Waals surface area contributed by atoms with Crippen molar-refractivity contribution in [2.45, 2.75) is 50.2 Å². The van der Waals surface area contributed by atoms with Crippen molar-refractivity contribution in [3.8, 4) is 6.07 Å². The van der Waals surface area contributed by atoms with Gasteiger partial charge in [-0.05, 0) is 57.1 Å². The Morgan fingerprint density at radius 3 is 2.75 bits per heavy atom. The van der Waals surface area contributed by atoms with Crippen LogP contribution in [0.2, 0.25) is 0 Å². The molecule has 0 spiro atoms. The average Bonchev–Trinajstić information content (AvgIpc) is 3.34. The van der Waals surface area contributed by atoms with Gasteiger partial charge in [-0.25, -0.2) is 9.37 Å².